The van der Waals surface area contributed by atoms with Gasteiger partial charge in [0.05, 0.1) is 19.3 Å². The average Bonchev–Trinajstić information content (AvgIpc) is 3.50. The fraction of sp³-hybridized carbons (Fsp3) is 0.318. The maximum Gasteiger partial charge on any atom is 0.341 e. The highest BCUT2D eigenvalue weighted by atomic mass is 32.1. The van der Waals surface area contributed by atoms with Crippen LogP contribution < -0.4 is 5.32 Å². The number of piperazine rings is 1. The van der Waals surface area contributed by atoms with Crippen molar-refractivity contribution < 1.29 is 19.1 Å². The number of ether oxygens (including phenoxy) is 1. The predicted molar refractivity (Wildman–Crippen MR) is 127 cm³/mol. The zero-order chi connectivity index (χ0) is 23.2. The van der Waals surface area contributed by atoms with E-state index in [1.807, 2.05) is 27.8 Å². The minimum Gasteiger partial charge on any atom is -0.462 e. The molecule has 3 aromatic heterocycles. The number of amides is 2. The molecule has 1 aliphatic heterocycles. The van der Waals surface area contributed by atoms with E-state index in [0.29, 0.717) is 42.4 Å². The summed E-state index contributed by atoms with van der Waals surface area (Å²) >= 11 is 2.84. The maximum atomic E-state index is 12.8. The van der Waals surface area contributed by atoms with Crippen molar-refractivity contribution in [3.05, 3.63) is 52.7 Å². The second-order valence-electron chi connectivity index (χ2n) is 7.26. The second-order valence-corrected chi connectivity index (χ2v) is 9.09. The van der Waals surface area contributed by atoms with Crippen LogP contribution in [-0.2, 0) is 9.53 Å². The van der Waals surface area contributed by atoms with Crippen LogP contribution in [0, 0.1) is 0 Å². The van der Waals surface area contributed by atoms with Crippen molar-refractivity contribution in [1.29, 1.82) is 0 Å². The normalized spacial score (nSPS) is 14.2. The van der Waals surface area contributed by atoms with Gasteiger partial charge in [-0.2, -0.15) is 0 Å². The van der Waals surface area contributed by atoms with Gasteiger partial charge in [0.15, 0.2) is 0 Å². The Morgan fingerprint density at radius 2 is 1.97 bits per heavy atom. The van der Waals surface area contributed by atoms with Gasteiger partial charge in [0.25, 0.3) is 5.91 Å². The third-order valence-corrected chi connectivity index (χ3v) is 6.92. The van der Waals surface area contributed by atoms with E-state index in [2.05, 4.69) is 15.3 Å². The van der Waals surface area contributed by atoms with Gasteiger partial charge in [0.2, 0.25) is 5.91 Å². The van der Waals surface area contributed by atoms with Crippen molar-refractivity contribution in [2.45, 2.75) is 6.92 Å². The summed E-state index contributed by atoms with van der Waals surface area (Å²) in [7, 11) is 0. The summed E-state index contributed by atoms with van der Waals surface area (Å²) in [6.45, 7) is 4.30. The Hall–Kier alpha value is -3.15. The molecular formula is C22H23N5O4S2. The van der Waals surface area contributed by atoms with Gasteiger partial charge in [-0.3, -0.25) is 19.5 Å². The number of carbonyl (C=O) groups is 3. The van der Waals surface area contributed by atoms with E-state index in [0.717, 1.165) is 10.4 Å². The number of hydrogen-bond acceptors (Lipinski definition) is 9. The molecule has 0 radical (unpaired) electrons. The number of esters is 1. The Labute approximate surface area is 199 Å². The van der Waals surface area contributed by atoms with E-state index in [9.17, 15) is 14.4 Å². The molecule has 1 N–H and O–H groups in total. The number of hydrogen-bond donors (Lipinski definition) is 1. The Bertz CT molecular complexity index is 1110. The fourth-order valence-electron chi connectivity index (χ4n) is 3.52. The molecule has 11 heteroatoms. The molecule has 2 amide bonds. The van der Waals surface area contributed by atoms with Gasteiger partial charge in [0, 0.05) is 54.4 Å². The topological polar surface area (TPSA) is 105 Å². The molecule has 1 aliphatic rings. The summed E-state index contributed by atoms with van der Waals surface area (Å²) in [6.07, 6.45) is 4.47. The molecule has 0 spiro atoms. The van der Waals surface area contributed by atoms with Crippen molar-refractivity contribution in [2.24, 2.45) is 0 Å². The number of anilines is 1. The Balaban J connectivity index is 1.37. The van der Waals surface area contributed by atoms with Crippen LogP contribution in [0.2, 0.25) is 0 Å². The molecule has 0 unspecified atom stereocenters. The number of nitrogens with zero attached hydrogens (tertiary/aromatic N) is 4. The molecule has 1 saturated heterocycles. The van der Waals surface area contributed by atoms with Crippen LogP contribution in [0.4, 0.5) is 5.00 Å². The van der Waals surface area contributed by atoms with Crippen LogP contribution in [0.25, 0.3) is 10.4 Å². The molecule has 0 bridgehead atoms. The van der Waals surface area contributed by atoms with Gasteiger partial charge in [-0.15, -0.1) is 22.7 Å². The molecular weight excluding hydrogens is 462 g/mol. The largest absolute Gasteiger partial charge is 0.462 e. The first kappa shape index (κ1) is 23.0. The first-order valence-corrected chi connectivity index (χ1v) is 12.2. The number of rotatable bonds is 7. The van der Waals surface area contributed by atoms with Crippen molar-refractivity contribution in [1.82, 2.24) is 19.8 Å². The minimum atomic E-state index is -0.450. The molecule has 0 atom stereocenters. The average molecular weight is 486 g/mol. The van der Waals surface area contributed by atoms with Crippen molar-refractivity contribution in [3.8, 4) is 10.4 Å². The van der Waals surface area contributed by atoms with Crippen molar-refractivity contribution in [2.75, 3.05) is 44.6 Å². The Morgan fingerprint density at radius 3 is 2.64 bits per heavy atom. The molecule has 0 aromatic carbocycles. The summed E-state index contributed by atoms with van der Waals surface area (Å²) in [5.41, 5.74) is 1.46. The summed E-state index contributed by atoms with van der Waals surface area (Å²) in [4.78, 5) is 50.5. The second kappa shape index (κ2) is 10.6. The van der Waals surface area contributed by atoms with Crippen molar-refractivity contribution in [3.63, 3.8) is 0 Å². The standard InChI is InChI=1S/C22H23N5O4S2/c1-2-31-22(30)19-15(17-4-3-11-32-17)14-33-20(19)25-18(28)13-26-7-9-27(10-8-26)21(29)16-12-23-5-6-24-16/h3-6,11-12,14H,2,7-10,13H2,1H3,(H,25,28). The molecule has 0 aliphatic carbocycles. The van der Waals surface area contributed by atoms with Gasteiger partial charge in [0.1, 0.15) is 16.3 Å². The summed E-state index contributed by atoms with van der Waals surface area (Å²) in [6, 6.07) is 3.85. The van der Waals surface area contributed by atoms with E-state index in [4.69, 9.17) is 4.74 Å². The quantitative estimate of drug-likeness (QED) is 0.513. The zero-order valence-corrected chi connectivity index (χ0v) is 19.7. The highest BCUT2D eigenvalue weighted by Gasteiger charge is 2.26. The van der Waals surface area contributed by atoms with E-state index in [1.54, 1.807) is 11.8 Å². The highest BCUT2D eigenvalue weighted by molar-refractivity contribution is 7.17. The van der Waals surface area contributed by atoms with Crippen molar-refractivity contribution >= 4 is 45.5 Å². The van der Waals surface area contributed by atoms with Gasteiger partial charge in [-0.25, -0.2) is 9.78 Å². The lowest BCUT2D eigenvalue weighted by Gasteiger charge is -2.34. The molecule has 4 heterocycles. The lowest BCUT2D eigenvalue weighted by molar-refractivity contribution is -0.117. The van der Waals surface area contributed by atoms with E-state index < -0.39 is 5.97 Å². The van der Waals surface area contributed by atoms with Gasteiger partial charge in [-0.1, -0.05) is 6.07 Å². The Kier molecular flexibility index (Phi) is 7.43. The summed E-state index contributed by atoms with van der Waals surface area (Å²) < 4.78 is 5.23. The molecule has 3 aromatic rings. The summed E-state index contributed by atoms with van der Waals surface area (Å²) in [5.74, 6) is -0.826. The summed E-state index contributed by atoms with van der Waals surface area (Å²) in [5, 5.41) is 7.17. The first-order chi connectivity index (χ1) is 16.1. The maximum absolute atomic E-state index is 12.8. The van der Waals surface area contributed by atoms with Crippen LogP contribution >= 0.6 is 22.7 Å². The van der Waals surface area contributed by atoms with Gasteiger partial charge in [-0.05, 0) is 18.4 Å². The van der Waals surface area contributed by atoms with E-state index in [-0.39, 0.29) is 25.0 Å². The third-order valence-electron chi connectivity index (χ3n) is 5.12. The molecule has 0 saturated carbocycles. The number of carbonyl (C=O) groups excluding carboxylic acids is 3. The fourth-order valence-corrected chi connectivity index (χ4v) is 5.31. The third kappa shape index (κ3) is 5.44. The smallest absolute Gasteiger partial charge is 0.341 e. The van der Waals surface area contributed by atoms with Crippen LogP contribution in [0.1, 0.15) is 27.8 Å². The van der Waals surface area contributed by atoms with Crippen LogP contribution in [-0.4, -0.2) is 76.9 Å². The lowest BCUT2D eigenvalue weighted by Crippen LogP contribution is -2.50. The Morgan fingerprint density at radius 1 is 1.15 bits per heavy atom. The van der Waals surface area contributed by atoms with Crippen LogP contribution in [0.15, 0.2) is 41.5 Å². The molecule has 172 valence electrons. The minimum absolute atomic E-state index is 0.161. The predicted octanol–water partition coefficient (Wildman–Crippen LogP) is 2.84. The molecule has 9 nitrogen and oxygen atoms in total. The van der Waals surface area contributed by atoms with Crippen LogP contribution in [0.5, 0.6) is 0 Å². The van der Waals surface area contributed by atoms with Gasteiger partial charge >= 0.3 is 5.97 Å². The first-order valence-electron chi connectivity index (χ1n) is 10.5. The molecule has 33 heavy (non-hydrogen) atoms. The monoisotopic (exact) mass is 485 g/mol. The SMILES string of the molecule is CCOC(=O)c1c(-c2cccs2)csc1NC(=O)CN1CCN(C(=O)c2cnccn2)CC1. The number of thiophene rings is 2. The number of aromatic nitrogens is 2. The van der Waals surface area contributed by atoms with E-state index >= 15 is 0 Å². The van der Waals surface area contributed by atoms with Crippen LogP contribution in [0.3, 0.4) is 0 Å². The molecule has 4 rings (SSSR count). The molecule has 1 fully saturated rings. The lowest BCUT2D eigenvalue weighted by atomic mass is 10.1. The van der Waals surface area contributed by atoms with Gasteiger partial charge < -0.3 is 15.0 Å². The zero-order valence-electron chi connectivity index (χ0n) is 18.0. The van der Waals surface area contributed by atoms with E-state index in [1.165, 1.54) is 41.3 Å². The highest BCUT2D eigenvalue weighted by Crippen LogP contribution is 2.38. The number of nitrogens with one attached hydrogen (secondary N) is 1.